The summed E-state index contributed by atoms with van der Waals surface area (Å²) in [5, 5.41) is 12.5. The van der Waals surface area contributed by atoms with E-state index in [0.29, 0.717) is 13.0 Å². The van der Waals surface area contributed by atoms with Gasteiger partial charge in [0, 0.05) is 23.7 Å². The summed E-state index contributed by atoms with van der Waals surface area (Å²) >= 11 is 1.09. The van der Waals surface area contributed by atoms with Crippen LogP contribution in [0.5, 0.6) is 0 Å². The fourth-order valence-electron chi connectivity index (χ4n) is 5.08. The normalized spacial score (nSPS) is 17.0. The fraction of sp³-hybridized carbons (Fsp3) is 0.455. The molecule has 10 heteroatoms. The number of hydrogen-bond donors (Lipinski definition) is 2. The second kappa shape index (κ2) is 9.09. The van der Waals surface area contributed by atoms with Crippen LogP contribution in [-0.4, -0.2) is 32.9 Å². The quantitative estimate of drug-likeness (QED) is 0.612. The third-order valence-corrected chi connectivity index (χ3v) is 9.58. The molecule has 0 spiro atoms. The van der Waals surface area contributed by atoms with Gasteiger partial charge in [-0.05, 0) is 79.8 Å². The molecule has 32 heavy (non-hydrogen) atoms. The molecule has 7 nitrogen and oxygen atoms in total. The Morgan fingerprint density at radius 3 is 2.41 bits per heavy atom. The number of fused-ring (bicyclic) bond motifs is 3. The van der Waals surface area contributed by atoms with Crippen molar-refractivity contribution in [2.75, 3.05) is 18.9 Å². The number of rotatable bonds is 3. The van der Waals surface area contributed by atoms with Crippen molar-refractivity contribution in [1.29, 1.82) is 5.26 Å². The minimum absolute atomic E-state index is 0. The van der Waals surface area contributed by atoms with E-state index in [2.05, 4.69) is 27.1 Å². The summed E-state index contributed by atoms with van der Waals surface area (Å²) in [5.74, 6) is 0. The summed E-state index contributed by atoms with van der Waals surface area (Å²) in [5.41, 5.74) is 6.57. The largest absolute Gasteiger partial charge is 1.00 e. The Balaban J connectivity index is 0.00000153. The van der Waals surface area contributed by atoms with Gasteiger partial charge in [-0.25, -0.2) is 17.9 Å². The van der Waals surface area contributed by atoms with E-state index in [0.717, 1.165) is 83.7 Å². The van der Waals surface area contributed by atoms with E-state index >= 15 is 0 Å². The van der Waals surface area contributed by atoms with Gasteiger partial charge in [0.1, 0.15) is 6.07 Å². The van der Waals surface area contributed by atoms with Gasteiger partial charge in [-0.2, -0.15) is 5.26 Å². The second-order valence-electron chi connectivity index (χ2n) is 8.56. The average Bonchev–Trinajstić information content (AvgIpc) is 3.44. The summed E-state index contributed by atoms with van der Waals surface area (Å²) in [6.45, 7) is 1.38. The van der Waals surface area contributed by atoms with Crippen molar-refractivity contribution >= 4 is 33.1 Å². The number of carbonyl (C=O) groups is 1. The zero-order valence-corrected chi connectivity index (χ0v) is 22.0. The maximum Gasteiger partial charge on any atom is 1.00 e. The minimum atomic E-state index is -4.15. The molecule has 1 aromatic carbocycles. The molecule has 0 bridgehead atoms. The van der Waals surface area contributed by atoms with Crippen LogP contribution in [0.25, 0.3) is 0 Å². The van der Waals surface area contributed by atoms with Gasteiger partial charge >= 0.3 is 35.6 Å². The molecule has 0 saturated carbocycles. The smallest absolute Gasteiger partial charge is 1.00 e. The zero-order chi connectivity index (χ0) is 21.8. The monoisotopic (exact) mass is 480 g/mol. The van der Waals surface area contributed by atoms with Crippen LogP contribution in [0.3, 0.4) is 0 Å². The van der Waals surface area contributed by atoms with Gasteiger partial charge in [0.15, 0.2) is 4.21 Å². The summed E-state index contributed by atoms with van der Waals surface area (Å²) in [6.07, 6.45) is 6.52. The zero-order valence-electron chi connectivity index (χ0n) is 19.4. The Kier molecular flexibility index (Phi) is 6.74. The molecule has 5 rings (SSSR count). The van der Waals surface area contributed by atoms with Crippen LogP contribution in [0.4, 0.5) is 10.5 Å². The van der Waals surface area contributed by atoms with Gasteiger partial charge < -0.3 is 11.6 Å². The van der Waals surface area contributed by atoms with E-state index in [1.165, 1.54) is 11.1 Å². The molecule has 164 valence electrons. The molecule has 1 aliphatic heterocycles. The third-order valence-electron chi connectivity index (χ3n) is 6.51. The molecule has 0 radical (unpaired) electrons. The van der Waals surface area contributed by atoms with E-state index in [1.807, 2.05) is 7.05 Å². The molecule has 2 aliphatic carbocycles. The number of nitrogens with one attached hydrogen (secondary N) is 2. The van der Waals surface area contributed by atoms with Crippen molar-refractivity contribution in [2.24, 2.45) is 0 Å². The number of urea groups is 1. The van der Waals surface area contributed by atoms with Crippen molar-refractivity contribution in [3.8, 4) is 6.07 Å². The van der Waals surface area contributed by atoms with Gasteiger partial charge in [-0.15, -0.1) is 11.3 Å². The summed E-state index contributed by atoms with van der Waals surface area (Å²) < 4.78 is 28.2. The van der Waals surface area contributed by atoms with E-state index in [4.69, 9.17) is 0 Å². The summed E-state index contributed by atoms with van der Waals surface area (Å²) in [4.78, 5) is 15.8. The molecule has 3 aliphatic rings. The Labute approximate surface area is 216 Å². The number of amides is 2. The Bertz CT molecular complexity index is 1220. The van der Waals surface area contributed by atoms with Crippen molar-refractivity contribution in [3.05, 3.63) is 44.3 Å². The van der Waals surface area contributed by atoms with Crippen molar-refractivity contribution in [2.45, 2.75) is 55.7 Å². The number of nitriles is 1. The predicted molar refractivity (Wildman–Crippen MR) is 120 cm³/mol. The van der Waals surface area contributed by atoms with E-state index in [-0.39, 0.29) is 40.8 Å². The molecule has 2 N–H and O–H groups in total. The van der Waals surface area contributed by atoms with Gasteiger partial charge in [0.05, 0.1) is 5.56 Å². The molecular formula is C22H25N4NaO3S2. The SMILES string of the molecule is CN1CCc2c(sc(S(=O)(=O)NC(=O)Nc3c4c(cc5c3CCC5)CCC4)c2C#N)C1.[H-].[Na+]. The molecule has 0 saturated heterocycles. The van der Waals surface area contributed by atoms with Crippen molar-refractivity contribution in [3.63, 3.8) is 0 Å². The van der Waals surface area contributed by atoms with Gasteiger partial charge in [0.25, 0.3) is 10.0 Å². The van der Waals surface area contributed by atoms with Crippen LogP contribution < -0.4 is 39.6 Å². The van der Waals surface area contributed by atoms with Crippen LogP contribution in [-0.2, 0) is 48.7 Å². The van der Waals surface area contributed by atoms with E-state index in [9.17, 15) is 18.5 Å². The van der Waals surface area contributed by atoms with Crippen molar-refractivity contribution < 1.29 is 44.2 Å². The van der Waals surface area contributed by atoms with Gasteiger partial charge in [0.2, 0.25) is 0 Å². The molecule has 0 atom stereocenters. The Morgan fingerprint density at radius 1 is 1.12 bits per heavy atom. The van der Waals surface area contributed by atoms with Crippen molar-refractivity contribution in [1.82, 2.24) is 9.62 Å². The van der Waals surface area contributed by atoms with Crippen LogP contribution in [0.15, 0.2) is 10.3 Å². The maximum atomic E-state index is 13.1. The topological polar surface area (TPSA) is 102 Å². The van der Waals surface area contributed by atoms with Crippen LogP contribution in [0.2, 0.25) is 0 Å². The molecule has 0 fully saturated rings. The second-order valence-corrected chi connectivity index (χ2v) is 11.5. The number of anilines is 1. The van der Waals surface area contributed by atoms with E-state index in [1.54, 1.807) is 0 Å². The van der Waals surface area contributed by atoms with Crippen LogP contribution in [0.1, 0.15) is 52.5 Å². The Morgan fingerprint density at radius 2 is 1.78 bits per heavy atom. The number of likely N-dealkylation sites (N-methyl/N-ethyl adjacent to an activating group) is 1. The molecule has 1 aromatic heterocycles. The minimum Gasteiger partial charge on any atom is -1.00 e. The van der Waals surface area contributed by atoms with Gasteiger partial charge in [-0.3, -0.25) is 0 Å². The number of benzene rings is 1. The predicted octanol–water partition coefficient (Wildman–Crippen LogP) is 0.212. The summed E-state index contributed by atoms with van der Waals surface area (Å²) in [6, 6.07) is 3.56. The third kappa shape index (κ3) is 4.13. The first-order chi connectivity index (χ1) is 14.9. The fourth-order valence-corrected chi connectivity index (χ4v) is 7.88. The summed E-state index contributed by atoms with van der Waals surface area (Å²) in [7, 11) is -2.18. The number of aryl methyl sites for hydroxylation is 2. The number of hydrogen-bond acceptors (Lipinski definition) is 6. The first-order valence-corrected chi connectivity index (χ1v) is 12.9. The first-order valence-electron chi connectivity index (χ1n) is 10.6. The average molecular weight is 481 g/mol. The molecule has 2 heterocycles. The number of carbonyl (C=O) groups excluding carboxylic acids is 1. The number of nitrogens with zero attached hydrogens (tertiary/aromatic N) is 2. The molecule has 2 aromatic rings. The molecular weight excluding hydrogens is 455 g/mol. The molecule has 0 unspecified atom stereocenters. The van der Waals surface area contributed by atoms with Crippen LogP contribution >= 0.6 is 11.3 Å². The van der Waals surface area contributed by atoms with Gasteiger partial charge in [-0.1, -0.05) is 6.07 Å². The molecule has 2 amide bonds. The number of sulfonamides is 1. The standard InChI is InChI=1S/C22H24N4O3S2.Na.H/c1-26-9-8-17-18(11-23)21(30-19(17)12-26)31(28,29)25-22(27)24-20-15-6-2-4-13(15)10-14-5-3-7-16(14)20;;/h10H,2-9,12H2,1H3,(H2,24,25,27);;/q;+1;-1. The van der Waals surface area contributed by atoms with E-state index < -0.39 is 16.1 Å². The Hall–Kier alpha value is -1.41. The maximum absolute atomic E-state index is 13.1. The number of thiophene rings is 1. The first kappa shape index (κ1) is 23.7. The van der Waals surface area contributed by atoms with Crippen LogP contribution in [0, 0.1) is 11.3 Å².